The van der Waals surface area contributed by atoms with Crippen molar-refractivity contribution in [2.45, 2.75) is 57.2 Å². The summed E-state index contributed by atoms with van der Waals surface area (Å²) in [7, 11) is 0. The summed E-state index contributed by atoms with van der Waals surface area (Å²) in [5, 5.41) is 2.09. The topological polar surface area (TPSA) is 78.5 Å². The van der Waals surface area contributed by atoms with Gasteiger partial charge < -0.3 is 14.6 Å². The molecule has 2 aromatic rings. The number of carbonyl (C=O) groups excluding carboxylic acids is 1. The molecule has 0 aromatic carbocycles. The summed E-state index contributed by atoms with van der Waals surface area (Å²) in [6, 6.07) is 4.20. The lowest BCUT2D eigenvalue weighted by molar-refractivity contribution is -0.142. The molecular formula is C22H28N4O3S. The third-order valence-electron chi connectivity index (χ3n) is 6.45. The third kappa shape index (κ3) is 4.08. The molecule has 0 aliphatic carbocycles. The zero-order chi connectivity index (χ0) is 20.5. The standard InChI is InChI=1S/C22H28N4O3S/c27-21-17-14-25(13-16-5-3-11-30-16)9-7-18(17)23-20(24-21)15-4-1-8-26(12-15)22(28)19-6-2-10-29-19/h3,5,11,15,19H,1-2,4,6-10,12-14H2,(H,23,24,27)/t15-,19+/m0/s1. The summed E-state index contributed by atoms with van der Waals surface area (Å²) in [6.07, 6.45) is 4.16. The van der Waals surface area contributed by atoms with Crippen LogP contribution >= 0.6 is 11.3 Å². The molecule has 2 atom stereocenters. The van der Waals surface area contributed by atoms with Crippen molar-refractivity contribution in [1.82, 2.24) is 19.8 Å². The molecule has 30 heavy (non-hydrogen) atoms. The molecular weight excluding hydrogens is 400 g/mol. The van der Waals surface area contributed by atoms with Crippen molar-refractivity contribution in [2.75, 3.05) is 26.2 Å². The number of hydrogen-bond acceptors (Lipinski definition) is 6. The summed E-state index contributed by atoms with van der Waals surface area (Å²) in [5.41, 5.74) is 1.71. The molecule has 3 aliphatic heterocycles. The minimum atomic E-state index is -0.284. The van der Waals surface area contributed by atoms with Crippen LogP contribution in [-0.4, -0.2) is 58.0 Å². The van der Waals surface area contributed by atoms with E-state index in [0.717, 1.165) is 68.8 Å². The first kappa shape index (κ1) is 19.9. The zero-order valence-electron chi connectivity index (χ0n) is 17.1. The summed E-state index contributed by atoms with van der Waals surface area (Å²) in [5.74, 6) is 0.934. The first-order chi connectivity index (χ1) is 14.7. The lowest BCUT2D eigenvalue weighted by Gasteiger charge is -2.34. The van der Waals surface area contributed by atoms with Gasteiger partial charge in [-0.1, -0.05) is 6.07 Å². The Bertz CT molecular complexity index is 952. The molecule has 8 heteroatoms. The number of carbonyl (C=O) groups is 1. The number of rotatable bonds is 4. The number of ether oxygens (including phenoxy) is 1. The molecule has 0 radical (unpaired) electrons. The molecule has 0 spiro atoms. The van der Waals surface area contributed by atoms with Gasteiger partial charge in [0.1, 0.15) is 11.9 Å². The highest BCUT2D eigenvalue weighted by molar-refractivity contribution is 7.09. The average Bonchev–Trinajstić information content (AvgIpc) is 3.48. The minimum Gasteiger partial charge on any atom is -0.368 e. The maximum absolute atomic E-state index is 12.9. The van der Waals surface area contributed by atoms with Crippen LogP contribution in [0.5, 0.6) is 0 Å². The van der Waals surface area contributed by atoms with E-state index in [4.69, 9.17) is 9.72 Å². The number of piperidine rings is 1. The normalized spacial score (nSPS) is 24.7. The summed E-state index contributed by atoms with van der Waals surface area (Å²) in [4.78, 5) is 39.1. The smallest absolute Gasteiger partial charge is 0.255 e. The van der Waals surface area contributed by atoms with Crippen molar-refractivity contribution >= 4 is 17.2 Å². The second-order valence-electron chi connectivity index (χ2n) is 8.54. The Morgan fingerprint density at radius 3 is 3.03 bits per heavy atom. The van der Waals surface area contributed by atoms with Gasteiger partial charge in [0.15, 0.2) is 0 Å². The van der Waals surface area contributed by atoms with Crippen LogP contribution in [-0.2, 0) is 29.0 Å². The SMILES string of the molecule is O=C([C@H]1CCCO1)N1CCC[C@H](c2nc3c(c(=O)[nH]2)CN(Cc2cccs2)CC3)C1. The zero-order valence-corrected chi connectivity index (χ0v) is 18.0. The highest BCUT2D eigenvalue weighted by Crippen LogP contribution is 2.27. The summed E-state index contributed by atoms with van der Waals surface area (Å²) < 4.78 is 5.58. The molecule has 160 valence electrons. The highest BCUT2D eigenvalue weighted by atomic mass is 32.1. The second-order valence-corrected chi connectivity index (χ2v) is 9.57. The van der Waals surface area contributed by atoms with Crippen LogP contribution in [0.4, 0.5) is 0 Å². The average molecular weight is 429 g/mol. The molecule has 5 rings (SSSR count). The first-order valence-corrected chi connectivity index (χ1v) is 11.8. The third-order valence-corrected chi connectivity index (χ3v) is 7.31. The Labute approximate surface area is 180 Å². The van der Waals surface area contributed by atoms with Crippen LogP contribution in [0.2, 0.25) is 0 Å². The van der Waals surface area contributed by atoms with Crippen molar-refractivity contribution in [3.05, 3.63) is 49.8 Å². The number of hydrogen-bond donors (Lipinski definition) is 1. The number of aromatic amines is 1. The molecule has 0 bridgehead atoms. The van der Waals surface area contributed by atoms with Gasteiger partial charge in [0.2, 0.25) is 0 Å². The lowest BCUT2D eigenvalue weighted by Crippen LogP contribution is -2.45. The first-order valence-electron chi connectivity index (χ1n) is 10.9. The predicted octanol–water partition coefficient (Wildman–Crippen LogP) is 2.27. The molecule has 0 saturated carbocycles. The van der Waals surface area contributed by atoms with E-state index in [-0.39, 0.29) is 23.5 Å². The Balaban J connectivity index is 1.29. The fourth-order valence-corrected chi connectivity index (χ4v) is 5.57. The van der Waals surface area contributed by atoms with Crippen LogP contribution in [0.1, 0.15) is 53.6 Å². The molecule has 2 aromatic heterocycles. The number of fused-ring (bicyclic) bond motifs is 1. The van der Waals surface area contributed by atoms with E-state index in [9.17, 15) is 9.59 Å². The maximum Gasteiger partial charge on any atom is 0.255 e. The largest absolute Gasteiger partial charge is 0.368 e. The fourth-order valence-electron chi connectivity index (χ4n) is 4.83. The molecule has 2 fully saturated rings. The van der Waals surface area contributed by atoms with E-state index in [1.165, 1.54) is 4.88 Å². The van der Waals surface area contributed by atoms with Crippen LogP contribution in [0.3, 0.4) is 0 Å². The monoisotopic (exact) mass is 428 g/mol. The van der Waals surface area contributed by atoms with E-state index < -0.39 is 0 Å². The number of likely N-dealkylation sites (tertiary alicyclic amines) is 1. The maximum atomic E-state index is 12.9. The number of aromatic nitrogens is 2. The Hall–Kier alpha value is -2.03. The van der Waals surface area contributed by atoms with Gasteiger partial charge in [-0.15, -0.1) is 11.3 Å². The molecule has 3 aliphatic rings. The van der Waals surface area contributed by atoms with Crippen molar-refractivity contribution in [2.24, 2.45) is 0 Å². The molecule has 2 saturated heterocycles. The number of H-pyrrole nitrogens is 1. The van der Waals surface area contributed by atoms with Crippen LogP contribution in [0, 0.1) is 0 Å². The van der Waals surface area contributed by atoms with Crippen LogP contribution < -0.4 is 5.56 Å². The number of amides is 1. The van der Waals surface area contributed by atoms with Crippen LogP contribution in [0.25, 0.3) is 0 Å². The van der Waals surface area contributed by atoms with Crippen molar-refractivity contribution < 1.29 is 9.53 Å². The highest BCUT2D eigenvalue weighted by Gasteiger charge is 2.33. The van der Waals surface area contributed by atoms with Gasteiger partial charge in [-0.25, -0.2) is 4.98 Å². The Morgan fingerprint density at radius 1 is 1.30 bits per heavy atom. The Kier molecular flexibility index (Phi) is 5.71. The van der Waals surface area contributed by atoms with Gasteiger partial charge in [0.25, 0.3) is 11.5 Å². The molecule has 7 nitrogen and oxygen atoms in total. The lowest BCUT2D eigenvalue weighted by atomic mass is 9.95. The summed E-state index contributed by atoms with van der Waals surface area (Å²) in [6.45, 7) is 4.49. The van der Waals surface area contributed by atoms with Gasteiger partial charge in [-0.05, 0) is 37.1 Å². The summed E-state index contributed by atoms with van der Waals surface area (Å²) >= 11 is 1.75. The second kappa shape index (κ2) is 8.61. The van der Waals surface area contributed by atoms with E-state index >= 15 is 0 Å². The Morgan fingerprint density at radius 2 is 2.23 bits per heavy atom. The van der Waals surface area contributed by atoms with Crippen LogP contribution in [0.15, 0.2) is 22.3 Å². The number of thiophene rings is 1. The molecule has 0 unspecified atom stereocenters. The number of nitrogens with zero attached hydrogens (tertiary/aromatic N) is 3. The van der Waals surface area contributed by atoms with Gasteiger partial charge in [0.05, 0.1) is 11.3 Å². The molecule has 5 heterocycles. The van der Waals surface area contributed by atoms with Gasteiger partial charge >= 0.3 is 0 Å². The molecule has 1 amide bonds. The minimum absolute atomic E-state index is 0.0199. The van der Waals surface area contributed by atoms with Gasteiger partial charge in [0, 0.05) is 56.5 Å². The van der Waals surface area contributed by atoms with E-state index in [2.05, 4.69) is 27.4 Å². The van der Waals surface area contributed by atoms with Gasteiger partial charge in [-0.2, -0.15) is 0 Å². The molecule has 1 N–H and O–H groups in total. The van der Waals surface area contributed by atoms with Crippen molar-refractivity contribution in [1.29, 1.82) is 0 Å². The van der Waals surface area contributed by atoms with E-state index in [1.807, 2.05) is 4.90 Å². The van der Waals surface area contributed by atoms with Gasteiger partial charge in [-0.3, -0.25) is 14.5 Å². The van der Waals surface area contributed by atoms with E-state index in [1.54, 1.807) is 11.3 Å². The van der Waals surface area contributed by atoms with Crippen molar-refractivity contribution in [3.63, 3.8) is 0 Å². The number of nitrogens with one attached hydrogen (secondary N) is 1. The van der Waals surface area contributed by atoms with E-state index in [0.29, 0.717) is 19.7 Å². The van der Waals surface area contributed by atoms with Crippen molar-refractivity contribution in [3.8, 4) is 0 Å². The predicted molar refractivity (Wildman–Crippen MR) is 115 cm³/mol. The quantitative estimate of drug-likeness (QED) is 0.808. The fraction of sp³-hybridized carbons (Fsp3) is 0.591.